The Morgan fingerprint density at radius 3 is 2.21 bits per heavy atom. The molecular formula is C20H33N3O6. The van der Waals surface area contributed by atoms with Crippen molar-refractivity contribution in [2.24, 2.45) is 5.92 Å². The molecule has 3 amide bonds. The predicted octanol–water partition coefficient (Wildman–Crippen LogP) is 1.65. The second kappa shape index (κ2) is 8.59. The molecule has 2 rings (SSSR count). The maximum absolute atomic E-state index is 13.1. The van der Waals surface area contributed by atoms with E-state index in [9.17, 15) is 24.3 Å². The highest BCUT2D eigenvalue weighted by atomic mass is 16.6. The van der Waals surface area contributed by atoms with Crippen molar-refractivity contribution in [3.63, 3.8) is 0 Å². The summed E-state index contributed by atoms with van der Waals surface area (Å²) in [6, 6.07) is -1.57. The first-order chi connectivity index (χ1) is 13.4. The van der Waals surface area contributed by atoms with E-state index >= 15 is 0 Å². The second-order valence-electron chi connectivity index (χ2n) is 9.29. The van der Waals surface area contributed by atoms with E-state index < -0.39 is 41.2 Å². The lowest BCUT2D eigenvalue weighted by molar-refractivity contribution is -0.153. The van der Waals surface area contributed by atoms with E-state index in [0.717, 1.165) is 6.42 Å². The zero-order valence-electron chi connectivity index (χ0n) is 17.9. The van der Waals surface area contributed by atoms with Gasteiger partial charge in [0.2, 0.25) is 11.8 Å². The number of carbonyl (C=O) groups is 4. The van der Waals surface area contributed by atoms with E-state index in [1.807, 2.05) is 0 Å². The zero-order chi connectivity index (χ0) is 22.0. The maximum Gasteiger partial charge on any atom is 0.408 e. The van der Waals surface area contributed by atoms with Crippen LogP contribution in [0.1, 0.15) is 66.7 Å². The molecule has 29 heavy (non-hydrogen) atoms. The number of rotatable bonds is 6. The van der Waals surface area contributed by atoms with Gasteiger partial charge in [0.25, 0.3) is 0 Å². The molecule has 1 aliphatic carbocycles. The van der Waals surface area contributed by atoms with E-state index in [2.05, 4.69) is 10.6 Å². The van der Waals surface area contributed by atoms with Gasteiger partial charge in [-0.3, -0.25) is 9.59 Å². The molecule has 164 valence electrons. The second-order valence-corrected chi connectivity index (χ2v) is 9.29. The van der Waals surface area contributed by atoms with Crippen LogP contribution < -0.4 is 10.6 Å². The van der Waals surface area contributed by atoms with Gasteiger partial charge in [-0.25, -0.2) is 9.59 Å². The van der Waals surface area contributed by atoms with Crippen LogP contribution in [0.15, 0.2) is 0 Å². The van der Waals surface area contributed by atoms with Crippen molar-refractivity contribution in [1.82, 2.24) is 15.5 Å². The Morgan fingerprint density at radius 1 is 1.14 bits per heavy atom. The molecule has 0 radical (unpaired) electrons. The van der Waals surface area contributed by atoms with Crippen molar-refractivity contribution < 1.29 is 29.0 Å². The van der Waals surface area contributed by atoms with E-state index in [1.54, 1.807) is 34.6 Å². The molecule has 1 heterocycles. The van der Waals surface area contributed by atoms with Crippen LogP contribution in [0.3, 0.4) is 0 Å². The molecule has 2 fully saturated rings. The van der Waals surface area contributed by atoms with Gasteiger partial charge >= 0.3 is 12.1 Å². The summed E-state index contributed by atoms with van der Waals surface area (Å²) in [5.41, 5.74) is -1.92. The fourth-order valence-corrected chi connectivity index (χ4v) is 3.67. The zero-order valence-corrected chi connectivity index (χ0v) is 17.9. The van der Waals surface area contributed by atoms with E-state index in [-0.39, 0.29) is 11.8 Å². The Bertz CT molecular complexity index is 666. The Labute approximate surface area is 171 Å². The summed E-state index contributed by atoms with van der Waals surface area (Å²) in [6.07, 6.45) is 1.94. The normalized spacial score (nSPS) is 21.9. The van der Waals surface area contributed by atoms with Gasteiger partial charge in [-0.15, -0.1) is 0 Å². The predicted molar refractivity (Wildman–Crippen MR) is 105 cm³/mol. The summed E-state index contributed by atoms with van der Waals surface area (Å²) in [5, 5.41) is 14.7. The monoisotopic (exact) mass is 411 g/mol. The Hall–Kier alpha value is -2.32. The van der Waals surface area contributed by atoms with Crippen LogP contribution in [0.5, 0.6) is 0 Å². The standard InChI is InChI=1S/C20H33N3O6/c1-12(2)14(21-18(28)29-19(3,4)5)16(25)23-11-6-8-13(23)15(24)22-20(17(26)27)9-7-10-20/h12-14H,6-11H2,1-5H3,(H,21,28)(H,22,24)(H,26,27)/t13-,14-/m0/s1. The van der Waals surface area contributed by atoms with Crippen LogP contribution >= 0.6 is 0 Å². The fraction of sp³-hybridized carbons (Fsp3) is 0.800. The largest absolute Gasteiger partial charge is 0.480 e. The topological polar surface area (TPSA) is 125 Å². The summed E-state index contributed by atoms with van der Waals surface area (Å²) < 4.78 is 5.25. The SMILES string of the molecule is CC(C)[C@H](NC(=O)OC(C)(C)C)C(=O)N1CCC[C@H]1C(=O)NC1(C(=O)O)CCC1. The summed E-state index contributed by atoms with van der Waals surface area (Å²) in [6.45, 7) is 9.20. The molecule has 1 saturated carbocycles. The summed E-state index contributed by atoms with van der Waals surface area (Å²) >= 11 is 0. The molecule has 1 saturated heterocycles. The number of likely N-dealkylation sites (tertiary alicyclic amines) is 1. The maximum atomic E-state index is 13.1. The number of ether oxygens (including phenoxy) is 1. The smallest absolute Gasteiger partial charge is 0.408 e. The van der Waals surface area contributed by atoms with Crippen molar-refractivity contribution in [1.29, 1.82) is 0 Å². The number of hydrogen-bond acceptors (Lipinski definition) is 5. The van der Waals surface area contributed by atoms with Gasteiger partial charge < -0.3 is 25.4 Å². The minimum Gasteiger partial charge on any atom is -0.480 e. The molecule has 2 aliphatic rings. The number of hydrogen-bond donors (Lipinski definition) is 3. The first-order valence-electron chi connectivity index (χ1n) is 10.2. The van der Waals surface area contributed by atoms with Crippen molar-refractivity contribution in [3.05, 3.63) is 0 Å². The van der Waals surface area contributed by atoms with E-state index in [0.29, 0.717) is 32.2 Å². The third kappa shape index (κ3) is 5.39. The Balaban J connectivity index is 2.09. The lowest BCUT2D eigenvalue weighted by Gasteiger charge is -2.40. The highest BCUT2D eigenvalue weighted by Crippen LogP contribution is 2.33. The van der Waals surface area contributed by atoms with Gasteiger partial charge in [0.1, 0.15) is 23.2 Å². The van der Waals surface area contributed by atoms with Crippen LogP contribution in [0.4, 0.5) is 4.79 Å². The third-order valence-corrected chi connectivity index (χ3v) is 5.42. The Kier molecular flexibility index (Phi) is 6.80. The number of carboxylic acid groups (broad SMARTS) is 1. The van der Waals surface area contributed by atoms with Gasteiger partial charge in [0.15, 0.2) is 0 Å². The average Bonchev–Trinajstić information content (AvgIpc) is 3.02. The number of nitrogens with one attached hydrogen (secondary N) is 2. The van der Waals surface area contributed by atoms with Gasteiger partial charge in [-0.1, -0.05) is 13.8 Å². The minimum atomic E-state index is -1.22. The minimum absolute atomic E-state index is 0.212. The van der Waals surface area contributed by atoms with Gasteiger partial charge in [-0.05, 0) is 58.8 Å². The van der Waals surface area contributed by atoms with E-state index in [1.165, 1.54) is 4.90 Å². The third-order valence-electron chi connectivity index (χ3n) is 5.42. The first kappa shape index (κ1) is 23.0. The average molecular weight is 411 g/mol. The van der Waals surface area contributed by atoms with Gasteiger partial charge in [0, 0.05) is 6.54 Å². The van der Waals surface area contributed by atoms with Crippen molar-refractivity contribution in [2.45, 2.75) is 89.9 Å². The van der Waals surface area contributed by atoms with Crippen molar-refractivity contribution in [2.75, 3.05) is 6.54 Å². The van der Waals surface area contributed by atoms with Crippen LogP contribution in [-0.4, -0.2) is 63.7 Å². The number of nitrogens with zero attached hydrogens (tertiary/aromatic N) is 1. The molecule has 0 unspecified atom stereocenters. The highest BCUT2D eigenvalue weighted by Gasteiger charge is 2.48. The molecule has 1 aliphatic heterocycles. The number of amides is 3. The molecule has 9 nitrogen and oxygen atoms in total. The highest BCUT2D eigenvalue weighted by molar-refractivity contribution is 5.94. The lowest BCUT2D eigenvalue weighted by Crippen LogP contribution is -2.63. The molecule has 9 heteroatoms. The molecule has 0 bridgehead atoms. The van der Waals surface area contributed by atoms with Crippen LogP contribution in [0, 0.1) is 5.92 Å². The molecule has 0 aromatic rings. The lowest BCUT2D eigenvalue weighted by atomic mass is 9.76. The molecular weight excluding hydrogens is 378 g/mol. The van der Waals surface area contributed by atoms with Crippen molar-refractivity contribution in [3.8, 4) is 0 Å². The van der Waals surface area contributed by atoms with Crippen LogP contribution in [0.2, 0.25) is 0 Å². The van der Waals surface area contributed by atoms with Crippen LogP contribution in [-0.2, 0) is 19.1 Å². The molecule has 0 aromatic carbocycles. The molecule has 2 atom stereocenters. The molecule has 3 N–H and O–H groups in total. The summed E-state index contributed by atoms with van der Waals surface area (Å²) in [7, 11) is 0. The number of alkyl carbamates (subject to hydrolysis) is 1. The van der Waals surface area contributed by atoms with Gasteiger partial charge in [-0.2, -0.15) is 0 Å². The first-order valence-corrected chi connectivity index (χ1v) is 10.2. The molecule has 0 spiro atoms. The van der Waals surface area contributed by atoms with Crippen LogP contribution in [0.25, 0.3) is 0 Å². The fourth-order valence-electron chi connectivity index (χ4n) is 3.67. The number of aliphatic carboxylic acids is 1. The quantitative estimate of drug-likeness (QED) is 0.610. The van der Waals surface area contributed by atoms with E-state index in [4.69, 9.17) is 4.74 Å². The Morgan fingerprint density at radius 2 is 1.76 bits per heavy atom. The number of carbonyl (C=O) groups excluding carboxylic acids is 3. The summed E-state index contributed by atoms with van der Waals surface area (Å²) in [4.78, 5) is 51.1. The van der Waals surface area contributed by atoms with Gasteiger partial charge in [0.05, 0.1) is 0 Å². The molecule has 0 aromatic heterocycles. The number of carboxylic acids is 1. The summed E-state index contributed by atoms with van der Waals surface area (Å²) in [5.74, 6) is -2.06. The van der Waals surface area contributed by atoms with Crippen molar-refractivity contribution >= 4 is 23.9 Å².